The van der Waals surface area contributed by atoms with Crippen molar-refractivity contribution in [2.24, 2.45) is 0 Å². The first-order valence-electron chi connectivity index (χ1n) is 9.19. The van der Waals surface area contributed by atoms with E-state index in [4.69, 9.17) is 9.15 Å². The van der Waals surface area contributed by atoms with Gasteiger partial charge in [0.25, 0.3) is 5.91 Å². The molecule has 1 saturated heterocycles. The molecule has 2 aromatic carbocycles. The second-order valence-corrected chi connectivity index (χ2v) is 6.57. The van der Waals surface area contributed by atoms with Gasteiger partial charge in [-0.25, -0.2) is 0 Å². The maximum atomic E-state index is 12.8. The molecule has 1 N–H and O–H groups in total. The number of likely N-dealkylation sites (tertiary alicyclic amines) is 1. The Kier molecular flexibility index (Phi) is 5.10. The van der Waals surface area contributed by atoms with E-state index in [9.17, 15) is 9.59 Å². The number of anilines is 1. The number of ether oxygens (including phenoxy) is 1. The number of carbonyl (C=O) groups is 2. The van der Waals surface area contributed by atoms with Gasteiger partial charge in [0.05, 0.1) is 6.26 Å². The van der Waals surface area contributed by atoms with Gasteiger partial charge in [-0.2, -0.15) is 0 Å². The van der Waals surface area contributed by atoms with Crippen LogP contribution in [-0.2, 0) is 4.79 Å². The van der Waals surface area contributed by atoms with Crippen molar-refractivity contribution in [1.82, 2.24) is 4.90 Å². The molecule has 0 aliphatic carbocycles. The van der Waals surface area contributed by atoms with E-state index in [1.165, 1.54) is 6.26 Å². The molecular formula is C22H20N2O4. The summed E-state index contributed by atoms with van der Waals surface area (Å²) in [4.78, 5) is 26.9. The molecular weight excluding hydrogens is 356 g/mol. The molecule has 6 heteroatoms. The fraction of sp³-hybridized carbons (Fsp3) is 0.182. The summed E-state index contributed by atoms with van der Waals surface area (Å²) >= 11 is 0. The molecule has 2 heterocycles. The lowest BCUT2D eigenvalue weighted by molar-refractivity contribution is -0.119. The van der Waals surface area contributed by atoms with Gasteiger partial charge in [-0.15, -0.1) is 0 Å². The van der Waals surface area contributed by atoms with Gasteiger partial charge < -0.3 is 19.4 Å². The number of nitrogens with one attached hydrogen (secondary N) is 1. The first-order chi connectivity index (χ1) is 13.7. The van der Waals surface area contributed by atoms with Crippen molar-refractivity contribution in [2.75, 3.05) is 11.9 Å². The summed E-state index contributed by atoms with van der Waals surface area (Å²) in [5.41, 5.74) is 0.621. The fourth-order valence-corrected chi connectivity index (χ4v) is 3.31. The molecule has 0 spiro atoms. The van der Waals surface area contributed by atoms with Gasteiger partial charge in [-0.1, -0.05) is 24.3 Å². The van der Waals surface area contributed by atoms with Gasteiger partial charge in [0.1, 0.15) is 17.5 Å². The zero-order chi connectivity index (χ0) is 19.3. The highest BCUT2D eigenvalue weighted by atomic mass is 16.5. The molecule has 1 aliphatic rings. The average molecular weight is 376 g/mol. The van der Waals surface area contributed by atoms with Crippen LogP contribution in [0.2, 0.25) is 0 Å². The summed E-state index contributed by atoms with van der Waals surface area (Å²) in [5, 5.41) is 2.90. The van der Waals surface area contributed by atoms with E-state index in [1.54, 1.807) is 29.2 Å². The molecule has 0 saturated carbocycles. The van der Waals surface area contributed by atoms with Crippen molar-refractivity contribution in [2.45, 2.75) is 18.9 Å². The van der Waals surface area contributed by atoms with Crippen molar-refractivity contribution < 1.29 is 18.7 Å². The van der Waals surface area contributed by atoms with Gasteiger partial charge in [0.2, 0.25) is 5.91 Å². The number of hydrogen-bond donors (Lipinski definition) is 1. The van der Waals surface area contributed by atoms with Crippen LogP contribution in [-0.4, -0.2) is 29.3 Å². The third-order valence-electron chi connectivity index (χ3n) is 4.63. The molecule has 142 valence electrons. The molecule has 1 aliphatic heterocycles. The Labute approximate surface area is 162 Å². The van der Waals surface area contributed by atoms with Crippen LogP contribution in [0.4, 0.5) is 5.69 Å². The van der Waals surface area contributed by atoms with Crippen molar-refractivity contribution in [3.05, 3.63) is 78.8 Å². The van der Waals surface area contributed by atoms with Crippen molar-refractivity contribution in [3.8, 4) is 11.5 Å². The number of benzene rings is 2. The number of furan rings is 1. The van der Waals surface area contributed by atoms with E-state index in [0.717, 1.165) is 12.2 Å². The SMILES string of the molecule is O=C(Nc1cccc(Oc2ccccc2)c1)[C@@H]1CCCN1C(=O)c1ccco1. The second-order valence-electron chi connectivity index (χ2n) is 6.57. The molecule has 4 rings (SSSR count). The summed E-state index contributed by atoms with van der Waals surface area (Å²) in [6.45, 7) is 0.536. The number of para-hydroxylation sites is 1. The first kappa shape index (κ1) is 17.9. The monoisotopic (exact) mass is 376 g/mol. The molecule has 0 radical (unpaired) electrons. The zero-order valence-electron chi connectivity index (χ0n) is 15.2. The van der Waals surface area contributed by atoms with Crippen LogP contribution >= 0.6 is 0 Å². The highest BCUT2D eigenvalue weighted by Crippen LogP contribution is 2.26. The van der Waals surface area contributed by atoms with Crippen molar-refractivity contribution >= 4 is 17.5 Å². The van der Waals surface area contributed by atoms with E-state index in [1.807, 2.05) is 42.5 Å². The smallest absolute Gasteiger partial charge is 0.290 e. The second kappa shape index (κ2) is 8.00. The van der Waals surface area contributed by atoms with Gasteiger partial charge in [0.15, 0.2) is 5.76 Å². The van der Waals surface area contributed by atoms with Crippen LogP contribution < -0.4 is 10.1 Å². The Morgan fingerprint density at radius 1 is 1.00 bits per heavy atom. The maximum absolute atomic E-state index is 12.8. The van der Waals surface area contributed by atoms with Crippen molar-refractivity contribution in [1.29, 1.82) is 0 Å². The topological polar surface area (TPSA) is 71.8 Å². The van der Waals surface area contributed by atoms with E-state index < -0.39 is 6.04 Å². The summed E-state index contributed by atoms with van der Waals surface area (Å²) in [6.07, 6.45) is 2.86. The number of amides is 2. The van der Waals surface area contributed by atoms with Crippen LogP contribution in [0.15, 0.2) is 77.4 Å². The standard InChI is InChI=1S/C22H20N2O4/c25-21(19-11-5-13-24(19)22(26)20-12-6-14-27-20)23-16-7-4-10-18(15-16)28-17-8-2-1-3-9-17/h1-4,6-10,12,14-15,19H,5,11,13H2,(H,23,25)/t19-/m0/s1. The Morgan fingerprint density at radius 3 is 2.61 bits per heavy atom. The highest BCUT2D eigenvalue weighted by molar-refractivity contribution is 6.00. The molecule has 1 aromatic heterocycles. The third kappa shape index (κ3) is 3.91. The molecule has 1 atom stereocenters. The fourth-order valence-electron chi connectivity index (χ4n) is 3.31. The van der Waals surface area contributed by atoms with E-state index in [2.05, 4.69) is 5.32 Å². The quantitative estimate of drug-likeness (QED) is 0.720. The Bertz CT molecular complexity index is 954. The minimum Gasteiger partial charge on any atom is -0.459 e. The summed E-state index contributed by atoms with van der Waals surface area (Å²) in [6, 6.07) is 19.4. The predicted octanol–water partition coefficient (Wildman–Crippen LogP) is 4.32. The summed E-state index contributed by atoms with van der Waals surface area (Å²) in [7, 11) is 0. The molecule has 28 heavy (non-hydrogen) atoms. The van der Waals surface area contributed by atoms with Gasteiger partial charge in [-0.3, -0.25) is 9.59 Å². The largest absolute Gasteiger partial charge is 0.459 e. The van der Waals surface area contributed by atoms with Crippen LogP contribution in [0.5, 0.6) is 11.5 Å². The van der Waals surface area contributed by atoms with Crippen LogP contribution in [0.25, 0.3) is 0 Å². The van der Waals surface area contributed by atoms with Crippen LogP contribution in [0.3, 0.4) is 0 Å². The lowest BCUT2D eigenvalue weighted by Gasteiger charge is -2.23. The molecule has 1 fully saturated rings. The first-order valence-corrected chi connectivity index (χ1v) is 9.19. The molecule has 0 bridgehead atoms. The van der Waals surface area contributed by atoms with E-state index in [0.29, 0.717) is 24.4 Å². The Balaban J connectivity index is 1.44. The van der Waals surface area contributed by atoms with Gasteiger partial charge in [0, 0.05) is 18.3 Å². The number of hydrogen-bond acceptors (Lipinski definition) is 4. The van der Waals surface area contributed by atoms with Crippen LogP contribution in [0.1, 0.15) is 23.4 Å². The lowest BCUT2D eigenvalue weighted by Crippen LogP contribution is -2.43. The van der Waals surface area contributed by atoms with Gasteiger partial charge in [-0.05, 0) is 49.2 Å². The predicted molar refractivity (Wildman–Crippen MR) is 104 cm³/mol. The zero-order valence-corrected chi connectivity index (χ0v) is 15.2. The molecule has 0 unspecified atom stereocenters. The third-order valence-corrected chi connectivity index (χ3v) is 4.63. The minimum absolute atomic E-state index is 0.214. The van der Waals surface area contributed by atoms with E-state index in [-0.39, 0.29) is 17.6 Å². The Morgan fingerprint density at radius 2 is 1.82 bits per heavy atom. The normalized spacial score (nSPS) is 16.0. The minimum atomic E-state index is -0.517. The van der Waals surface area contributed by atoms with Crippen molar-refractivity contribution in [3.63, 3.8) is 0 Å². The highest BCUT2D eigenvalue weighted by Gasteiger charge is 2.35. The van der Waals surface area contributed by atoms with Crippen LogP contribution in [0, 0.1) is 0 Å². The van der Waals surface area contributed by atoms with Gasteiger partial charge >= 0.3 is 0 Å². The molecule has 3 aromatic rings. The summed E-state index contributed by atoms with van der Waals surface area (Å²) in [5.74, 6) is 1.12. The maximum Gasteiger partial charge on any atom is 0.290 e. The average Bonchev–Trinajstić information content (AvgIpc) is 3.41. The molecule has 2 amide bonds. The number of rotatable bonds is 5. The number of nitrogens with zero attached hydrogens (tertiary/aromatic N) is 1. The Hall–Kier alpha value is -3.54. The lowest BCUT2D eigenvalue weighted by atomic mass is 10.2. The molecule has 6 nitrogen and oxygen atoms in total. The summed E-state index contributed by atoms with van der Waals surface area (Å²) < 4.78 is 11.0. The number of carbonyl (C=O) groups excluding carboxylic acids is 2. The van der Waals surface area contributed by atoms with E-state index >= 15 is 0 Å².